The Kier molecular flexibility index (Phi) is 3.57. The Bertz CT molecular complexity index is 903. The van der Waals surface area contributed by atoms with E-state index in [1.165, 1.54) is 0 Å². The number of aromatic nitrogens is 3. The average molecular weight is 368 g/mol. The summed E-state index contributed by atoms with van der Waals surface area (Å²) in [6.07, 6.45) is 6.94. The lowest BCUT2D eigenvalue weighted by molar-refractivity contribution is 0.0652. The lowest BCUT2D eigenvalue weighted by Gasteiger charge is -2.34. The topological polar surface area (TPSA) is 79.4 Å². The van der Waals surface area contributed by atoms with Gasteiger partial charge in [0.1, 0.15) is 18.0 Å². The molecule has 0 bridgehead atoms. The molecule has 142 valence electrons. The van der Waals surface area contributed by atoms with E-state index in [1.54, 1.807) is 0 Å². The molecule has 4 heterocycles. The molecular weight excluding hydrogens is 344 g/mol. The van der Waals surface area contributed by atoms with Crippen molar-refractivity contribution in [2.45, 2.75) is 45.3 Å². The van der Waals surface area contributed by atoms with E-state index in [1.807, 2.05) is 24.7 Å². The zero-order valence-corrected chi connectivity index (χ0v) is 15.7. The van der Waals surface area contributed by atoms with Crippen LogP contribution in [0.2, 0.25) is 0 Å². The molecule has 1 N–H and O–H groups in total. The number of nitrogens with one attached hydrogen (secondary N) is 1. The fourth-order valence-electron chi connectivity index (χ4n) is 4.43. The number of nitrogens with zero attached hydrogens (tertiary/aromatic N) is 5. The number of rotatable bonds is 2. The van der Waals surface area contributed by atoms with Gasteiger partial charge in [-0.15, -0.1) is 0 Å². The van der Waals surface area contributed by atoms with Crippen LogP contribution in [-0.2, 0) is 6.67 Å². The van der Waals surface area contributed by atoms with E-state index in [0.29, 0.717) is 23.7 Å². The molecule has 3 aliphatic rings. The zero-order chi connectivity index (χ0) is 18.6. The van der Waals surface area contributed by atoms with E-state index in [2.05, 4.69) is 37.6 Å². The third-order valence-corrected chi connectivity index (χ3v) is 5.99. The van der Waals surface area contributed by atoms with Crippen molar-refractivity contribution in [2.75, 3.05) is 19.6 Å². The molecule has 27 heavy (non-hydrogen) atoms. The maximum atomic E-state index is 13.3. The molecule has 0 radical (unpaired) electrons. The van der Waals surface area contributed by atoms with Crippen LogP contribution in [0.25, 0.3) is 5.70 Å². The van der Waals surface area contributed by atoms with E-state index in [4.69, 9.17) is 4.52 Å². The Morgan fingerprint density at radius 2 is 2.15 bits per heavy atom. The summed E-state index contributed by atoms with van der Waals surface area (Å²) in [6.45, 7) is 6.89. The van der Waals surface area contributed by atoms with Gasteiger partial charge in [0.2, 0.25) is 0 Å². The van der Waals surface area contributed by atoms with E-state index in [9.17, 15) is 4.79 Å². The maximum Gasteiger partial charge on any atom is 0.259 e. The van der Waals surface area contributed by atoms with Crippen LogP contribution in [0.3, 0.4) is 0 Å². The highest BCUT2D eigenvalue weighted by molar-refractivity contribution is 5.97. The van der Waals surface area contributed by atoms with Crippen LogP contribution in [0.1, 0.15) is 46.8 Å². The van der Waals surface area contributed by atoms with Gasteiger partial charge in [0.25, 0.3) is 5.91 Å². The van der Waals surface area contributed by atoms with Crippen molar-refractivity contribution in [2.24, 2.45) is 0 Å². The van der Waals surface area contributed by atoms with Gasteiger partial charge < -0.3 is 19.6 Å². The first kappa shape index (κ1) is 16.4. The van der Waals surface area contributed by atoms with Crippen molar-refractivity contribution in [3.63, 3.8) is 0 Å². The van der Waals surface area contributed by atoms with Crippen molar-refractivity contribution >= 4 is 11.6 Å². The molecular formula is C19H24N6O2. The van der Waals surface area contributed by atoms with Crippen molar-refractivity contribution in [3.8, 4) is 0 Å². The van der Waals surface area contributed by atoms with Gasteiger partial charge in [-0.05, 0) is 39.2 Å². The van der Waals surface area contributed by atoms with Crippen LogP contribution in [0, 0.1) is 13.8 Å². The number of amides is 1. The Balaban J connectivity index is 1.43. The molecule has 1 aliphatic carbocycles. The number of hydrogen-bond acceptors (Lipinski definition) is 6. The molecule has 1 saturated carbocycles. The minimum atomic E-state index is -0.0904. The molecule has 2 fully saturated rings. The molecule has 1 spiro atoms. The van der Waals surface area contributed by atoms with Gasteiger partial charge in [-0.2, -0.15) is 5.10 Å². The number of hydrogen-bond donors (Lipinski definition) is 1. The first-order chi connectivity index (χ1) is 13.1. The van der Waals surface area contributed by atoms with E-state index < -0.39 is 0 Å². The molecule has 8 nitrogen and oxygen atoms in total. The molecule has 8 heteroatoms. The number of carbonyl (C=O) groups excluding carboxylic acids is 1. The highest BCUT2D eigenvalue weighted by atomic mass is 16.5. The smallest absolute Gasteiger partial charge is 0.259 e. The van der Waals surface area contributed by atoms with Crippen molar-refractivity contribution < 1.29 is 9.32 Å². The Labute approximate surface area is 157 Å². The normalized spacial score (nSPS) is 20.7. The molecule has 0 unspecified atom stereocenters. The van der Waals surface area contributed by atoms with Crippen molar-refractivity contribution in [1.82, 2.24) is 30.1 Å². The van der Waals surface area contributed by atoms with Gasteiger partial charge >= 0.3 is 0 Å². The summed E-state index contributed by atoms with van der Waals surface area (Å²) >= 11 is 0. The second kappa shape index (κ2) is 5.87. The Morgan fingerprint density at radius 3 is 2.89 bits per heavy atom. The summed E-state index contributed by atoms with van der Waals surface area (Å²) in [7, 11) is 0. The van der Waals surface area contributed by atoms with Crippen LogP contribution in [0.15, 0.2) is 23.0 Å². The van der Waals surface area contributed by atoms with E-state index in [0.717, 1.165) is 50.3 Å². The first-order valence-electron chi connectivity index (χ1n) is 9.55. The van der Waals surface area contributed by atoms with Crippen LogP contribution >= 0.6 is 0 Å². The minimum Gasteiger partial charge on any atom is -0.370 e. The average Bonchev–Trinajstić information content (AvgIpc) is 3.19. The summed E-state index contributed by atoms with van der Waals surface area (Å²) in [5, 5.41) is 11.7. The quantitative estimate of drug-likeness (QED) is 0.870. The fraction of sp³-hybridized carbons (Fsp3) is 0.526. The Morgan fingerprint density at radius 1 is 1.30 bits per heavy atom. The summed E-state index contributed by atoms with van der Waals surface area (Å²) in [6, 6.07) is 2.06. The summed E-state index contributed by atoms with van der Waals surface area (Å²) < 4.78 is 7.22. The summed E-state index contributed by atoms with van der Waals surface area (Å²) in [4.78, 5) is 17.8. The minimum absolute atomic E-state index is 0.0615. The predicted octanol–water partition coefficient (Wildman–Crippen LogP) is 1.73. The largest absolute Gasteiger partial charge is 0.370 e. The monoisotopic (exact) mass is 368 g/mol. The molecule has 1 amide bonds. The molecule has 5 rings (SSSR count). The SMILES string of the molecule is Cc1noc(C)c1C(=O)N1CCCN(C2=CNCn3nccc32)CC12CC2. The van der Waals surface area contributed by atoms with Gasteiger partial charge in [0, 0.05) is 32.0 Å². The van der Waals surface area contributed by atoms with Crippen molar-refractivity contribution in [1.29, 1.82) is 0 Å². The molecule has 0 aromatic carbocycles. The van der Waals surface area contributed by atoms with Crippen LogP contribution in [0.5, 0.6) is 0 Å². The molecule has 2 aromatic heterocycles. The zero-order valence-electron chi connectivity index (χ0n) is 15.7. The van der Waals surface area contributed by atoms with E-state index >= 15 is 0 Å². The molecule has 2 aliphatic heterocycles. The van der Waals surface area contributed by atoms with Gasteiger partial charge in [0.15, 0.2) is 0 Å². The van der Waals surface area contributed by atoms with Crippen molar-refractivity contribution in [3.05, 3.63) is 41.2 Å². The van der Waals surface area contributed by atoms with Crippen LogP contribution in [-0.4, -0.2) is 55.8 Å². The third-order valence-electron chi connectivity index (χ3n) is 5.99. The van der Waals surface area contributed by atoms with Crippen LogP contribution in [0.4, 0.5) is 0 Å². The Hall–Kier alpha value is -2.77. The second-order valence-corrected chi connectivity index (χ2v) is 7.76. The van der Waals surface area contributed by atoms with E-state index in [-0.39, 0.29) is 11.4 Å². The lowest BCUT2D eigenvalue weighted by Crippen LogP contribution is -2.46. The molecule has 2 aromatic rings. The molecule has 1 saturated heterocycles. The van der Waals surface area contributed by atoms with Gasteiger partial charge in [-0.25, -0.2) is 4.68 Å². The number of carbonyl (C=O) groups is 1. The third kappa shape index (κ3) is 2.54. The first-order valence-corrected chi connectivity index (χ1v) is 9.55. The summed E-state index contributed by atoms with van der Waals surface area (Å²) in [5.74, 6) is 0.670. The number of fused-ring (bicyclic) bond motifs is 1. The summed E-state index contributed by atoms with van der Waals surface area (Å²) in [5.41, 5.74) is 3.52. The maximum absolute atomic E-state index is 13.3. The lowest BCUT2D eigenvalue weighted by atomic mass is 10.1. The second-order valence-electron chi connectivity index (χ2n) is 7.76. The number of aryl methyl sites for hydroxylation is 2. The predicted molar refractivity (Wildman–Crippen MR) is 98.5 cm³/mol. The molecule has 0 atom stereocenters. The van der Waals surface area contributed by atoms with Gasteiger partial charge in [-0.3, -0.25) is 4.79 Å². The highest BCUT2D eigenvalue weighted by Gasteiger charge is 2.53. The van der Waals surface area contributed by atoms with Crippen LogP contribution < -0.4 is 5.32 Å². The highest BCUT2D eigenvalue weighted by Crippen LogP contribution is 2.46. The fourth-order valence-corrected chi connectivity index (χ4v) is 4.43. The van der Waals surface area contributed by atoms with Gasteiger partial charge in [0.05, 0.1) is 22.6 Å². The standard InChI is InChI=1S/C19H24N6O2/c1-13-17(14(2)27-22-13)18(26)24-9-3-8-23(11-19(24)5-6-19)16-10-20-12-25-15(16)4-7-21-25/h4,7,10,20H,3,5-6,8-9,11-12H2,1-2H3. The van der Waals surface area contributed by atoms with Gasteiger partial charge in [-0.1, -0.05) is 5.16 Å².